The third-order valence-electron chi connectivity index (χ3n) is 3.35. The molecule has 0 spiro atoms. The van der Waals surface area contributed by atoms with E-state index in [-0.39, 0.29) is 6.09 Å². The fourth-order valence-corrected chi connectivity index (χ4v) is 3.55. The molecule has 0 bridgehead atoms. The van der Waals surface area contributed by atoms with Crippen LogP contribution < -0.4 is 10.6 Å². The minimum absolute atomic E-state index is 0.317. The van der Waals surface area contributed by atoms with Crippen molar-refractivity contribution in [1.82, 2.24) is 4.98 Å². The summed E-state index contributed by atoms with van der Waals surface area (Å²) in [6.45, 7) is 6.68. The second kappa shape index (κ2) is 7.33. The zero-order chi connectivity index (χ0) is 16.2. The molecule has 0 saturated carbocycles. The fraction of sp³-hybridized carbons (Fsp3) is 0.625. The smallest absolute Gasteiger partial charge is 0.414 e. The van der Waals surface area contributed by atoms with Crippen LogP contribution in [-0.4, -0.2) is 34.2 Å². The molecule has 1 aromatic heterocycles. The van der Waals surface area contributed by atoms with Crippen molar-refractivity contribution in [3.8, 4) is 0 Å². The van der Waals surface area contributed by atoms with Gasteiger partial charge in [0.25, 0.3) is 0 Å². The average Bonchev–Trinajstić information content (AvgIpc) is 2.96. The Balaban J connectivity index is 2.17. The maximum atomic E-state index is 12.5. The zero-order valence-electron chi connectivity index (χ0n) is 13.5. The van der Waals surface area contributed by atoms with Crippen LogP contribution in [0.3, 0.4) is 0 Å². The van der Waals surface area contributed by atoms with E-state index < -0.39 is 5.60 Å². The van der Waals surface area contributed by atoms with Gasteiger partial charge >= 0.3 is 6.09 Å². The van der Waals surface area contributed by atoms with Gasteiger partial charge in [0, 0.05) is 18.3 Å². The van der Waals surface area contributed by atoms with Crippen molar-refractivity contribution in [2.45, 2.75) is 51.0 Å². The van der Waals surface area contributed by atoms with Gasteiger partial charge in [-0.15, -0.1) is 0 Å². The Hall–Kier alpha value is -1.27. The van der Waals surface area contributed by atoms with Crippen LogP contribution in [-0.2, 0) is 11.3 Å². The highest BCUT2D eigenvalue weighted by Gasteiger charge is 2.27. The van der Waals surface area contributed by atoms with Gasteiger partial charge in [-0.05, 0) is 51.5 Å². The molecule has 1 aromatic rings. The number of amides is 1. The van der Waals surface area contributed by atoms with E-state index in [1.54, 1.807) is 11.1 Å². The number of carbonyl (C=O) groups is 1. The van der Waals surface area contributed by atoms with Gasteiger partial charge in [-0.3, -0.25) is 9.88 Å². The molecule has 1 aliphatic rings. The molecule has 2 rings (SSSR count). The molecule has 1 atom stereocenters. The Morgan fingerprint density at radius 2 is 2.27 bits per heavy atom. The summed E-state index contributed by atoms with van der Waals surface area (Å²) >= 11 is 1.92. The minimum atomic E-state index is -0.511. The van der Waals surface area contributed by atoms with E-state index in [9.17, 15) is 4.79 Å². The van der Waals surface area contributed by atoms with E-state index >= 15 is 0 Å². The van der Waals surface area contributed by atoms with Crippen LogP contribution in [0.25, 0.3) is 0 Å². The monoisotopic (exact) mass is 323 g/mol. The van der Waals surface area contributed by atoms with Gasteiger partial charge in [-0.2, -0.15) is 11.8 Å². The van der Waals surface area contributed by atoms with Crippen LogP contribution in [0, 0.1) is 0 Å². The van der Waals surface area contributed by atoms with E-state index in [1.807, 2.05) is 44.7 Å². The van der Waals surface area contributed by atoms with E-state index in [0.717, 1.165) is 23.6 Å². The lowest BCUT2D eigenvalue weighted by Crippen LogP contribution is -2.40. The SMILES string of the molecule is CC(C)(C)OC(=O)N(CC1CCCS1)c1ccc(CN)nc1. The van der Waals surface area contributed by atoms with Crippen molar-refractivity contribution in [3.63, 3.8) is 0 Å². The fourth-order valence-electron chi connectivity index (χ4n) is 2.29. The molecule has 0 aromatic carbocycles. The first kappa shape index (κ1) is 17.1. The van der Waals surface area contributed by atoms with Crippen molar-refractivity contribution in [2.75, 3.05) is 17.2 Å². The summed E-state index contributed by atoms with van der Waals surface area (Å²) in [6, 6.07) is 3.74. The highest BCUT2D eigenvalue weighted by Crippen LogP contribution is 2.29. The summed E-state index contributed by atoms with van der Waals surface area (Å²) in [5.41, 5.74) is 6.64. The van der Waals surface area contributed by atoms with Gasteiger partial charge in [0.15, 0.2) is 0 Å². The Kier molecular flexibility index (Phi) is 5.69. The molecule has 122 valence electrons. The summed E-state index contributed by atoms with van der Waals surface area (Å²) < 4.78 is 5.55. The quantitative estimate of drug-likeness (QED) is 0.921. The summed E-state index contributed by atoms with van der Waals surface area (Å²) in [7, 11) is 0. The molecule has 1 fully saturated rings. The first-order valence-electron chi connectivity index (χ1n) is 7.66. The third-order valence-corrected chi connectivity index (χ3v) is 4.73. The molecule has 1 amide bonds. The number of thioether (sulfide) groups is 1. The summed E-state index contributed by atoms with van der Waals surface area (Å²) in [4.78, 5) is 18.5. The molecule has 5 nitrogen and oxygen atoms in total. The molecular weight excluding hydrogens is 298 g/mol. The van der Waals surface area contributed by atoms with Gasteiger partial charge in [0.2, 0.25) is 0 Å². The van der Waals surface area contributed by atoms with E-state index in [4.69, 9.17) is 10.5 Å². The predicted octanol–water partition coefficient (Wildman–Crippen LogP) is 3.18. The van der Waals surface area contributed by atoms with Crippen molar-refractivity contribution in [2.24, 2.45) is 5.73 Å². The molecule has 2 N–H and O–H groups in total. The van der Waals surface area contributed by atoms with E-state index in [2.05, 4.69) is 4.98 Å². The number of rotatable bonds is 4. The molecule has 1 saturated heterocycles. The van der Waals surface area contributed by atoms with Crippen LogP contribution in [0.15, 0.2) is 18.3 Å². The van der Waals surface area contributed by atoms with Crippen LogP contribution in [0.1, 0.15) is 39.3 Å². The molecular formula is C16H25N3O2S. The molecule has 2 heterocycles. The number of aromatic nitrogens is 1. The maximum absolute atomic E-state index is 12.5. The summed E-state index contributed by atoms with van der Waals surface area (Å²) in [5.74, 6) is 1.16. The van der Waals surface area contributed by atoms with Crippen molar-refractivity contribution < 1.29 is 9.53 Å². The van der Waals surface area contributed by atoms with Crippen LogP contribution in [0.5, 0.6) is 0 Å². The van der Waals surface area contributed by atoms with Crippen LogP contribution >= 0.6 is 11.8 Å². The largest absolute Gasteiger partial charge is 0.443 e. The lowest BCUT2D eigenvalue weighted by atomic mass is 10.2. The van der Waals surface area contributed by atoms with Gasteiger partial charge < -0.3 is 10.5 Å². The lowest BCUT2D eigenvalue weighted by Gasteiger charge is -2.29. The number of pyridine rings is 1. The van der Waals surface area contributed by atoms with Crippen molar-refractivity contribution in [3.05, 3.63) is 24.0 Å². The van der Waals surface area contributed by atoms with Gasteiger partial charge in [-0.1, -0.05) is 0 Å². The number of carbonyl (C=O) groups excluding carboxylic acids is 1. The Bertz CT molecular complexity index is 493. The second-order valence-corrected chi connectivity index (χ2v) is 7.85. The normalized spacial score (nSPS) is 18.3. The second-order valence-electron chi connectivity index (χ2n) is 6.44. The number of hydrogen-bond acceptors (Lipinski definition) is 5. The summed E-state index contributed by atoms with van der Waals surface area (Å²) in [5, 5.41) is 0.460. The highest BCUT2D eigenvalue weighted by molar-refractivity contribution is 8.00. The molecule has 0 radical (unpaired) electrons. The molecule has 1 unspecified atom stereocenters. The molecule has 22 heavy (non-hydrogen) atoms. The van der Waals surface area contributed by atoms with Crippen LogP contribution in [0.2, 0.25) is 0 Å². The minimum Gasteiger partial charge on any atom is -0.443 e. The highest BCUT2D eigenvalue weighted by atomic mass is 32.2. The average molecular weight is 323 g/mol. The number of nitrogens with two attached hydrogens (primary N) is 1. The molecule has 6 heteroatoms. The Morgan fingerprint density at radius 3 is 2.77 bits per heavy atom. The number of anilines is 1. The predicted molar refractivity (Wildman–Crippen MR) is 91.2 cm³/mol. The Labute approximate surface area is 136 Å². The summed E-state index contributed by atoms with van der Waals surface area (Å²) in [6.07, 6.45) is 3.73. The molecule has 1 aliphatic heterocycles. The maximum Gasteiger partial charge on any atom is 0.414 e. The lowest BCUT2D eigenvalue weighted by molar-refractivity contribution is 0.0580. The number of hydrogen-bond donors (Lipinski definition) is 1. The van der Waals surface area contributed by atoms with E-state index in [1.165, 1.54) is 6.42 Å². The van der Waals surface area contributed by atoms with Gasteiger partial charge in [0.05, 0.1) is 17.6 Å². The molecule has 0 aliphatic carbocycles. The number of ether oxygens (including phenoxy) is 1. The Morgan fingerprint density at radius 1 is 1.50 bits per heavy atom. The van der Waals surface area contributed by atoms with Crippen molar-refractivity contribution in [1.29, 1.82) is 0 Å². The van der Waals surface area contributed by atoms with E-state index in [0.29, 0.717) is 18.3 Å². The first-order valence-corrected chi connectivity index (χ1v) is 8.71. The third kappa shape index (κ3) is 4.88. The van der Waals surface area contributed by atoms with Gasteiger partial charge in [0.1, 0.15) is 5.60 Å². The zero-order valence-corrected chi connectivity index (χ0v) is 14.4. The standard InChI is InChI=1S/C16H25N3O2S/c1-16(2,3)21-15(20)19(11-14-5-4-8-22-14)13-7-6-12(9-17)18-10-13/h6-7,10,14H,4-5,8-9,11,17H2,1-3H3. The topological polar surface area (TPSA) is 68.5 Å². The van der Waals surface area contributed by atoms with Crippen molar-refractivity contribution >= 4 is 23.5 Å². The van der Waals surface area contributed by atoms with Gasteiger partial charge in [-0.25, -0.2) is 4.79 Å². The number of nitrogens with zero attached hydrogens (tertiary/aromatic N) is 2. The van der Waals surface area contributed by atoms with Crippen LogP contribution in [0.4, 0.5) is 10.5 Å². The first-order chi connectivity index (χ1) is 10.4.